The number of hydrogen-bond acceptors (Lipinski definition) is 5. The normalized spacial score (nSPS) is 16.5. The molecule has 34 heavy (non-hydrogen) atoms. The third-order valence-electron chi connectivity index (χ3n) is 5.95. The van der Waals surface area contributed by atoms with E-state index in [4.69, 9.17) is 9.84 Å². The number of ether oxygens (including phenoxy) is 1. The molecule has 3 amide bonds. The second-order valence-electron chi connectivity index (χ2n) is 8.60. The average molecular weight is 469 g/mol. The lowest BCUT2D eigenvalue weighted by atomic mass is 10.1. The van der Waals surface area contributed by atoms with Crippen molar-refractivity contribution in [3.63, 3.8) is 0 Å². The molecule has 1 fully saturated rings. The van der Waals surface area contributed by atoms with Gasteiger partial charge in [-0.05, 0) is 49.6 Å². The summed E-state index contributed by atoms with van der Waals surface area (Å²) >= 11 is 0. The van der Waals surface area contributed by atoms with E-state index in [0.717, 1.165) is 29.8 Å². The highest BCUT2D eigenvalue weighted by Crippen LogP contribution is 2.26. The summed E-state index contributed by atoms with van der Waals surface area (Å²) in [5.41, 5.74) is 2.92. The molecule has 1 heterocycles. The largest absolute Gasteiger partial charge is 0.495 e. The Morgan fingerprint density at radius 3 is 2.59 bits per heavy atom. The van der Waals surface area contributed by atoms with Gasteiger partial charge >= 0.3 is 12.0 Å². The summed E-state index contributed by atoms with van der Waals surface area (Å²) in [4.78, 5) is 38.0. The van der Waals surface area contributed by atoms with Crippen LogP contribution in [0.25, 0.3) is 0 Å². The summed E-state index contributed by atoms with van der Waals surface area (Å²) in [7, 11) is 1.51. The molecule has 0 bridgehead atoms. The summed E-state index contributed by atoms with van der Waals surface area (Å²) in [5, 5.41) is 17.6. The van der Waals surface area contributed by atoms with Crippen LogP contribution in [0.4, 0.5) is 16.2 Å². The number of nitrogens with zero attached hydrogens (tertiary/aromatic N) is 1. The summed E-state index contributed by atoms with van der Waals surface area (Å²) in [5.74, 6) is -0.475. The Labute approximate surface area is 199 Å². The van der Waals surface area contributed by atoms with Crippen molar-refractivity contribution in [3.8, 4) is 5.75 Å². The average Bonchev–Trinajstić information content (AvgIpc) is 3.24. The molecule has 0 spiro atoms. The minimum Gasteiger partial charge on any atom is -0.495 e. The number of anilines is 2. The Kier molecular flexibility index (Phi) is 8.48. The van der Waals surface area contributed by atoms with Gasteiger partial charge in [0.15, 0.2) is 0 Å². The first-order valence-electron chi connectivity index (χ1n) is 11.3. The number of rotatable bonds is 9. The van der Waals surface area contributed by atoms with Crippen LogP contribution < -0.4 is 20.7 Å². The zero-order valence-corrected chi connectivity index (χ0v) is 19.8. The zero-order chi connectivity index (χ0) is 24.7. The molecule has 0 aliphatic carbocycles. The van der Waals surface area contributed by atoms with E-state index in [0.29, 0.717) is 18.0 Å². The lowest BCUT2D eigenvalue weighted by molar-refractivity contribution is -0.138. The molecule has 182 valence electrons. The molecule has 2 aromatic carbocycles. The molecule has 4 N–H and O–H groups in total. The predicted molar refractivity (Wildman–Crippen MR) is 130 cm³/mol. The van der Waals surface area contributed by atoms with E-state index in [-0.39, 0.29) is 36.9 Å². The highest BCUT2D eigenvalue weighted by atomic mass is 16.5. The van der Waals surface area contributed by atoms with Crippen LogP contribution >= 0.6 is 0 Å². The second kappa shape index (κ2) is 11.5. The summed E-state index contributed by atoms with van der Waals surface area (Å²) in [6.45, 7) is 5.21. The standard InChI is InChI=1S/C25H32N4O5/c1-16-6-4-5-7-20(16)27-25(33)28-21-9-8-18(13-22(21)34-3)14-23(30)26-19-10-11-29(15-19)17(2)12-24(31)32/h4-9,13,17,19H,10-12,14-15H2,1-3H3,(H,26,30)(H,31,32)(H2,27,28,33). The fourth-order valence-electron chi connectivity index (χ4n) is 4.09. The molecule has 0 aromatic heterocycles. The molecule has 0 radical (unpaired) electrons. The SMILES string of the molecule is COc1cc(CC(=O)NC2CCN(C(C)CC(=O)O)C2)ccc1NC(=O)Nc1ccccc1C. The van der Waals surface area contributed by atoms with Crippen LogP contribution in [-0.4, -0.2) is 60.2 Å². The summed E-state index contributed by atoms with van der Waals surface area (Å²) in [6, 6.07) is 12.3. The van der Waals surface area contributed by atoms with E-state index in [9.17, 15) is 14.4 Å². The van der Waals surface area contributed by atoms with Crippen molar-refractivity contribution in [2.24, 2.45) is 0 Å². The maximum absolute atomic E-state index is 12.6. The van der Waals surface area contributed by atoms with Gasteiger partial charge < -0.3 is 25.8 Å². The van der Waals surface area contributed by atoms with Gasteiger partial charge in [0, 0.05) is 30.9 Å². The Morgan fingerprint density at radius 1 is 1.15 bits per heavy atom. The summed E-state index contributed by atoms with van der Waals surface area (Å²) in [6.07, 6.45) is 1.05. The van der Waals surface area contributed by atoms with E-state index in [1.807, 2.05) is 38.1 Å². The number of nitrogens with one attached hydrogen (secondary N) is 3. The van der Waals surface area contributed by atoms with Crippen molar-refractivity contribution in [1.82, 2.24) is 10.2 Å². The number of carboxylic acids is 1. The number of urea groups is 1. The number of para-hydroxylation sites is 1. The summed E-state index contributed by atoms with van der Waals surface area (Å²) < 4.78 is 5.42. The molecule has 1 aliphatic heterocycles. The topological polar surface area (TPSA) is 120 Å². The van der Waals surface area contributed by atoms with Crippen LogP contribution in [0.2, 0.25) is 0 Å². The smallest absolute Gasteiger partial charge is 0.323 e. The van der Waals surface area contributed by atoms with Crippen LogP contribution in [-0.2, 0) is 16.0 Å². The van der Waals surface area contributed by atoms with Gasteiger partial charge in [0.1, 0.15) is 5.75 Å². The van der Waals surface area contributed by atoms with Gasteiger partial charge in [-0.25, -0.2) is 4.79 Å². The lowest BCUT2D eigenvalue weighted by Gasteiger charge is -2.23. The van der Waals surface area contributed by atoms with Gasteiger partial charge in [-0.1, -0.05) is 24.3 Å². The Balaban J connectivity index is 1.54. The van der Waals surface area contributed by atoms with Crippen molar-refractivity contribution < 1.29 is 24.2 Å². The van der Waals surface area contributed by atoms with Crippen LogP contribution in [0.1, 0.15) is 30.9 Å². The zero-order valence-electron chi connectivity index (χ0n) is 19.8. The number of amides is 3. The van der Waals surface area contributed by atoms with Crippen molar-refractivity contribution in [1.29, 1.82) is 0 Å². The molecule has 9 nitrogen and oxygen atoms in total. The van der Waals surface area contributed by atoms with Gasteiger partial charge in [-0.2, -0.15) is 0 Å². The van der Waals surface area contributed by atoms with Crippen molar-refractivity contribution in [3.05, 3.63) is 53.6 Å². The van der Waals surface area contributed by atoms with Crippen LogP contribution in [0, 0.1) is 6.92 Å². The Bertz CT molecular complexity index is 1040. The van der Waals surface area contributed by atoms with Crippen LogP contribution in [0.15, 0.2) is 42.5 Å². The maximum atomic E-state index is 12.6. The first kappa shape index (κ1) is 25.0. The van der Waals surface area contributed by atoms with Gasteiger partial charge in [0.05, 0.1) is 25.6 Å². The highest BCUT2D eigenvalue weighted by Gasteiger charge is 2.28. The van der Waals surface area contributed by atoms with E-state index in [1.54, 1.807) is 18.2 Å². The Morgan fingerprint density at radius 2 is 1.88 bits per heavy atom. The highest BCUT2D eigenvalue weighted by molar-refractivity contribution is 6.01. The second-order valence-corrected chi connectivity index (χ2v) is 8.60. The fourth-order valence-corrected chi connectivity index (χ4v) is 4.09. The number of aryl methyl sites for hydroxylation is 1. The molecule has 9 heteroatoms. The van der Waals surface area contributed by atoms with E-state index >= 15 is 0 Å². The van der Waals surface area contributed by atoms with E-state index in [2.05, 4.69) is 20.9 Å². The quantitative estimate of drug-likeness (QED) is 0.449. The number of likely N-dealkylation sites (tertiary alicyclic amines) is 1. The Hall–Kier alpha value is -3.59. The predicted octanol–water partition coefficient (Wildman–Crippen LogP) is 3.24. The molecule has 1 saturated heterocycles. The first-order chi connectivity index (χ1) is 16.2. The van der Waals surface area contributed by atoms with Crippen molar-refractivity contribution in [2.75, 3.05) is 30.8 Å². The van der Waals surface area contributed by atoms with E-state index < -0.39 is 5.97 Å². The third kappa shape index (κ3) is 6.95. The van der Waals surface area contributed by atoms with Gasteiger partial charge in [-0.15, -0.1) is 0 Å². The van der Waals surface area contributed by atoms with E-state index in [1.165, 1.54) is 7.11 Å². The van der Waals surface area contributed by atoms with Gasteiger partial charge in [0.25, 0.3) is 0 Å². The van der Waals surface area contributed by atoms with Crippen LogP contribution in [0.5, 0.6) is 5.75 Å². The number of carbonyl (C=O) groups excluding carboxylic acids is 2. The number of carbonyl (C=O) groups is 3. The van der Waals surface area contributed by atoms with Gasteiger partial charge in [0.2, 0.25) is 5.91 Å². The minimum atomic E-state index is -0.820. The molecule has 2 unspecified atom stereocenters. The number of carboxylic acid groups (broad SMARTS) is 1. The molecular weight excluding hydrogens is 436 g/mol. The fraction of sp³-hybridized carbons (Fsp3) is 0.400. The number of methoxy groups -OCH3 is 1. The molecule has 2 aromatic rings. The number of hydrogen-bond donors (Lipinski definition) is 4. The van der Waals surface area contributed by atoms with Gasteiger partial charge in [-0.3, -0.25) is 14.5 Å². The molecule has 3 rings (SSSR count). The van der Waals surface area contributed by atoms with Crippen molar-refractivity contribution in [2.45, 2.75) is 45.2 Å². The first-order valence-corrected chi connectivity index (χ1v) is 11.3. The lowest BCUT2D eigenvalue weighted by Crippen LogP contribution is -2.40. The molecule has 1 aliphatic rings. The third-order valence-corrected chi connectivity index (χ3v) is 5.95. The minimum absolute atomic E-state index is 0.00304. The molecule has 0 saturated carbocycles. The monoisotopic (exact) mass is 468 g/mol. The van der Waals surface area contributed by atoms with Crippen molar-refractivity contribution >= 4 is 29.3 Å². The van der Waals surface area contributed by atoms with Crippen LogP contribution in [0.3, 0.4) is 0 Å². The number of aliphatic carboxylic acids is 1. The molecule has 2 atom stereocenters. The number of benzene rings is 2. The molecular formula is C25H32N4O5. The maximum Gasteiger partial charge on any atom is 0.323 e.